The van der Waals surface area contributed by atoms with Gasteiger partial charge in [-0.25, -0.2) is 13.2 Å². The summed E-state index contributed by atoms with van der Waals surface area (Å²) < 4.78 is 37.4. The molecule has 0 amide bonds. The normalized spacial score (nSPS) is 16.1. The Kier molecular flexibility index (Phi) is 7.15. The van der Waals surface area contributed by atoms with Crippen LogP contribution in [0.5, 0.6) is 0 Å². The van der Waals surface area contributed by atoms with E-state index in [0.717, 1.165) is 6.07 Å². The summed E-state index contributed by atoms with van der Waals surface area (Å²) in [7, 11) is -3.82. The van der Waals surface area contributed by atoms with Gasteiger partial charge in [0.1, 0.15) is 0 Å². The maximum Gasteiger partial charge on any atom is 0.340 e. The highest BCUT2D eigenvalue weighted by atomic mass is 35.5. The lowest BCUT2D eigenvalue weighted by atomic mass is 10.1. The molecule has 0 spiro atoms. The molecule has 1 heterocycles. The van der Waals surface area contributed by atoms with Crippen LogP contribution in [0.15, 0.2) is 47.4 Å². The van der Waals surface area contributed by atoms with E-state index >= 15 is 0 Å². The Balaban J connectivity index is 1.79. The van der Waals surface area contributed by atoms with Crippen LogP contribution in [0.4, 0.5) is 0 Å². The van der Waals surface area contributed by atoms with Gasteiger partial charge in [-0.1, -0.05) is 23.2 Å². The Labute approximate surface area is 184 Å². The van der Waals surface area contributed by atoms with Crippen LogP contribution in [0.2, 0.25) is 10.0 Å². The number of hydrogen-bond donors (Lipinski definition) is 0. The van der Waals surface area contributed by atoms with Gasteiger partial charge in [-0.15, -0.1) is 0 Å². The van der Waals surface area contributed by atoms with Gasteiger partial charge < -0.3 is 9.47 Å². The molecule has 0 saturated carbocycles. The molecule has 1 aliphatic rings. The number of sulfonamides is 1. The second kappa shape index (κ2) is 9.45. The largest absolute Gasteiger partial charge is 0.451 e. The molecule has 0 bridgehead atoms. The SMILES string of the molecule is CC(OC(=O)c1cc(S(=O)(=O)N2CCOCC2)ccc1Cl)C(=O)c1ccc(Cl)cc1. The Hall–Kier alpha value is -1.97. The van der Waals surface area contributed by atoms with Crippen LogP contribution in [0, 0.1) is 0 Å². The third kappa shape index (κ3) is 5.01. The number of nitrogens with zero attached hydrogens (tertiary/aromatic N) is 1. The third-order valence-electron chi connectivity index (χ3n) is 4.55. The molecule has 1 unspecified atom stereocenters. The monoisotopic (exact) mass is 471 g/mol. The van der Waals surface area contributed by atoms with Gasteiger partial charge in [0, 0.05) is 23.7 Å². The van der Waals surface area contributed by atoms with E-state index in [9.17, 15) is 18.0 Å². The molecule has 7 nitrogen and oxygen atoms in total. The minimum atomic E-state index is -3.82. The van der Waals surface area contributed by atoms with Crippen LogP contribution in [0.3, 0.4) is 0 Å². The molecule has 10 heteroatoms. The van der Waals surface area contributed by atoms with Crippen molar-refractivity contribution in [2.24, 2.45) is 0 Å². The van der Waals surface area contributed by atoms with Crippen molar-refractivity contribution in [3.63, 3.8) is 0 Å². The smallest absolute Gasteiger partial charge is 0.340 e. The number of ketones is 1. The van der Waals surface area contributed by atoms with Gasteiger partial charge in [-0.05, 0) is 49.4 Å². The molecule has 0 aliphatic carbocycles. The Bertz CT molecular complexity index is 1050. The van der Waals surface area contributed by atoms with Gasteiger partial charge in [-0.2, -0.15) is 4.31 Å². The van der Waals surface area contributed by atoms with Crippen molar-refractivity contribution in [3.05, 3.63) is 63.6 Å². The van der Waals surface area contributed by atoms with Gasteiger partial charge >= 0.3 is 5.97 Å². The zero-order valence-electron chi connectivity index (χ0n) is 16.0. The van der Waals surface area contributed by atoms with E-state index < -0.39 is 27.9 Å². The fraction of sp³-hybridized carbons (Fsp3) is 0.300. The van der Waals surface area contributed by atoms with E-state index in [-0.39, 0.29) is 28.6 Å². The van der Waals surface area contributed by atoms with Crippen molar-refractivity contribution >= 4 is 45.0 Å². The Morgan fingerprint density at radius 3 is 2.33 bits per heavy atom. The predicted octanol–water partition coefficient (Wildman–Crippen LogP) is 3.44. The summed E-state index contributed by atoms with van der Waals surface area (Å²) in [5, 5.41) is 0.494. The molecule has 0 aromatic heterocycles. The number of ether oxygens (including phenoxy) is 2. The first-order chi connectivity index (χ1) is 14.2. The summed E-state index contributed by atoms with van der Waals surface area (Å²) in [6, 6.07) is 9.97. The van der Waals surface area contributed by atoms with Crippen LogP contribution >= 0.6 is 23.2 Å². The highest BCUT2D eigenvalue weighted by Crippen LogP contribution is 2.25. The van der Waals surface area contributed by atoms with E-state index in [1.807, 2.05) is 0 Å². The second-order valence-corrected chi connectivity index (χ2v) is 9.36. The van der Waals surface area contributed by atoms with Crippen molar-refractivity contribution in [3.8, 4) is 0 Å². The number of Topliss-reactive ketones (excluding diaryl/α,β-unsaturated/α-hetero) is 1. The first-order valence-corrected chi connectivity index (χ1v) is 11.3. The minimum Gasteiger partial charge on any atom is -0.451 e. The highest BCUT2D eigenvalue weighted by Gasteiger charge is 2.29. The van der Waals surface area contributed by atoms with Gasteiger partial charge in [0.2, 0.25) is 15.8 Å². The molecular weight excluding hydrogens is 453 g/mol. The summed E-state index contributed by atoms with van der Waals surface area (Å²) in [5.74, 6) is -1.32. The Morgan fingerprint density at radius 1 is 1.07 bits per heavy atom. The molecule has 2 aromatic carbocycles. The lowest BCUT2D eigenvalue weighted by molar-refractivity contribution is 0.0318. The molecule has 160 valence electrons. The lowest BCUT2D eigenvalue weighted by Gasteiger charge is -2.26. The van der Waals surface area contributed by atoms with Crippen molar-refractivity contribution in [2.45, 2.75) is 17.9 Å². The van der Waals surface area contributed by atoms with Crippen LogP contribution in [-0.2, 0) is 19.5 Å². The van der Waals surface area contributed by atoms with E-state index in [4.69, 9.17) is 32.7 Å². The van der Waals surface area contributed by atoms with Crippen molar-refractivity contribution in [1.82, 2.24) is 4.31 Å². The molecule has 30 heavy (non-hydrogen) atoms. The average molecular weight is 472 g/mol. The second-order valence-electron chi connectivity index (χ2n) is 6.58. The number of carbonyl (C=O) groups excluding carboxylic acids is 2. The molecule has 0 N–H and O–H groups in total. The van der Waals surface area contributed by atoms with Crippen molar-refractivity contribution < 1.29 is 27.5 Å². The van der Waals surface area contributed by atoms with Gasteiger partial charge in [-0.3, -0.25) is 4.79 Å². The van der Waals surface area contributed by atoms with Gasteiger partial charge in [0.05, 0.1) is 28.7 Å². The van der Waals surface area contributed by atoms with Gasteiger partial charge in [0.25, 0.3) is 0 Å². The number of morpholine rings is 1. The van der Waals surface area contributed by atoms with Gasteiger partial charge in [0.15, 0.2) is 6.10 Å². The van der Waals surface area contributed by atoms with Crippen LogP contribution < -0.4 is 0 Å². The van der Waals surface area contributed by atoms with Crippen LogP contribution in [0.1, 0.15) is 27.6 Å². The molecule has 2 aromatic rings. The number of carbonyl (C=O) groups is 2. The highest BCUT2D eigenvalue weighted by molar-refractivity contribution is 7.89. The molecule has 1 saturated heterocycles. The van der Waals surface area contributed by atoms with Crippen molar-refractivity contribution in [1.29, 1.82) is 0 Å². The minimum absolute atomic E-state index is 0.0204. The number of esters is 1. The number of rotatable bonds is 6. The lowest BCUT2D eigenvalue weighted by Crippen LogP contribution is -2.40. The maximum absolute atomic E-state index is 12.8. The number of benzene rings is 2. The predicted molar refractivity (Wildman–Crippen MR) is 112 cm³/mol. The Morgan fingerprint density at radius 2 is 1.70 bits per heavy atom. The van der Waals surface area contributed by atoms with E-state index in [2.05, 4.69) is 0 Å². The maximum atomic E-state index is 12.8. The summed E-state index contributed by atoms with van der Waals surface area (Å²) >= 11 is 11.9. The summed E-state index contributed by atoms with van der Waals surface area (Å²) in [4.78, 5) is 25.0. The summed E-state index contributed by atoms with van der Waals surface area (Å²) in [5.41, 5.74) is 0.191. The molecule has 1 atom stereocenters. The third-order valence-corrected chi connectivity index (χ3v) is 7.02. The number of halogens is 2. The standard InChI is InChI=1S/C20H19Cl2NO6S/c1-13(19(24)14-2-4-15(21)5-3-14)29-20(25)17-12-16(6-7-18(17)22)30(26,27)23-8-10-28-11-9-23/h2-7,12-13H,8-11H2,1H3. The summed E-state index contributed by atoms with van der Waals surface area (Å²) in [6.45, 7) is 2.46. The topological polar surface area (TPSA) is 90.0 Å². The molecule has 1 fully saturated rings. The first kappa shape index (κ1) is 22.7. The molecule has 0 radical (unpaired) electrons. The molecular formula is C20H19Cl2NO6S. The van der Waals surface area contributed by atoms with E-state index in [0.29, 0.717) is 23.8 Å². The molecule has 1 aliphatic heterocycles. The quantitative estimate of drug-likeness (QED) is 0.473. The first-order valence-electron chi connectivity index (χ1n) is 9.08. The fourth-order valence-electron chi connectivity index (χ4n) is 2.88. The fourth-order valence-corrected chi connectivity index (χ4v) is 4.64. The van der Waals surface area contributed by atoms with E-state index in [1.165, 1.54) is 35.5 Å². The summed E-state index contributed by atoms with van der Waals surface area (Å²) in [6.07, 6.45) is -1.10. The number of hydrogen-bond acceptors (Lipinski definition) is 6. The zero-order valence-corrected chi connectivity index (χ0v) is 18.3. The van der Waals surface area contributed by atoms with E-state index in [1.54, 1.807) is 12.1 Å². The molecule has 3 rings (SSSR count). The van der Waals surface area contributed by atoms with Crippen molar-refractivity contribution in [2.75, 3.05) is 26.3 Å². The average Bonchev–Trinajstić information content (AvgIpc) is 2.74. The van der Waals surface area contributed by atoms with Crippen LogP contribution in [-0.4, -0.2) is 56.9 Å². The van der Waals surface area contributed by atoms with Crippen LogP contribution in [0.25, 0.3) is 0 Å². The zero-order chi connectivity index (χ0) is 21.9.